The number of hydrogen-bond donors (Lipinski definition) is 3. The van der Waals surface area contributed by atoms with Gasteiger partial charge in [-0.05, 0) is 37.1 Å². The van der Waals surface area contributed by atoms with Gasteiger partial charge < -0.3 is 15.9 Å². The van der Waals surface area contributed by atoms with E-state index >= 15 is 0 Å². The van der Waals surface area contributed by atoms with Gasteiger partial charge in [-0.25, -0.2) is 0 Å². The maximum atomic E-state index is 10.2. The smallest absolute Gasteiger partial charge is 0.202 e. The second-order valence-electron chi connectivity index (χ2n) is 4.41. The average Bonchev–Trinajstić information content (AvgIpc) is 2.64. The highest BCUT2D eigenvalue weighted by Gasteiger charge is 2.23. The highest BCUT2D eigenvalue weighted by atomic mass is 16.3. The number of fused-ring (bicyclic) bond motifs is 1. The standard InChI is InChI=1S/C14H14N2O2/c15-9-5-7-10(8-6-9)16-13(17)11-3-1-2-4-12(11)14(16)18/h1-2,5-8,17-18H,3-4,15H2. The molecule has 4 nitrogen and oxygen atoms in total. The number of allylic oxidation sites excluding steroid dienone is 2. The second-order valence-corrected chi connectivity index (χ2v) is 4.41. The Morgan fingerprint density at radius 1 is 0.889 bits per heavy atom. The minimum absolute atomic E-state index is 0.108. The molecule has 2 aromatic rings. The van der Waals surface area contributed by atoms with Gasteiger partial charge in [-0.3, -0.25) is 4.57 Å². The predicted octanol–water partition coefficient (Wildman–Crippen LogP) is 2.13. The molecular weight excluding hydrogens is 228 g/mol. The molecule has 0 unspecified atom stereocenters. The van der Waals surface area contributed by atoms with Crippen LogP contribution in [0.1, 0.15) is 11.1 Å². The van der Waals surface area contributed by atoms with Gasteiger partial charge in [-0.15, -0.1) is 0 Å². The summed E-state index contributed by atoms with van der Waals surface area (Å²) < 4.78 is 1.46. The summed E-state index contributed by atoms with van der Waals surface area (Å²) in [6.45, 7) is 0. The quantitative estimate of drug-likeness (QED) is 0.530. The number of benzene rings is 1. The molecule has 4 N–H and O–H groups in total. The summed E-state index contributed by atoms with van der Waals surface area (Å²) in [4.78, 5) is 0. The van der Waals surface area contributed by atoms with E-state index in [9.17, 15) is 10.2 Å². The second kappa shape index (κ2) is 3.84. The van der Waals surface area contributed by atoms with E-state index in [4.69, 9.17) is 5.73 Å². The Bertz CT molecular complexity index is 593. The molecule has 0 saturated heterocycles. The minimum Gasteiger partial charge on any atom is -0.494 e. The zero-order valence-electron chi connectivity index (χ0n) is 9.80. The number of nitrogens with zero attached hydrogens (tertiary/aromatic N) is 1. The number of nitrogens with two attached hydrogens (primary N) is 1. The van der Waals surface area contributed by atoms with Crippen molar-refractivity contribution in [2.45, 2.75) is 12.8 Å². The summed E-state index contributed by atoms with van der Waals surface area (Å²) in [5.74, 6) is 0.216. The molecular formula is C14H14N2O2. The van der Waals surface area contributed by atoms with Crippen molar-refractivity contribution in [3.8, 4) is 17.4 Å². The number of anilines is 1. The summed E-state index contributed by atoms with van der Waals surface area (Å²) in [5.41, 5.74) is 8.58. The van der Waals surface area contributed by atoms with E-state index in [1.807, 2.05) is 12.2 Å². The monoisotopic (exact) mass is 242 g/mol. The summed E-state index contributed by atoms with van der Waals surface area (Å²) in [5, 5.41) is 20.4. The number of hydrogen-bond acceptors (Lipinski definition) is 3. The maximum absolute atomic E-state index is 10.2. The maximum Gasteiger partial charge on any atom is 0.202 e. The molecule has 0 fully saturated rings. The van der Waals surface area contributed by atoms with Crippen LogP contribution in [0.3, 0.4) is 0 Å². The van der Waals surface area contributed by atoms with Gasteiger partial charge >= 0.3 is 0 Å². The Labute approximate surface area is 105 Å². The molecule has 0 saturated carbocycles. The lowest BCUT2D eigenvalue weighted by atomic mass is 10.0. The third-order valence-electron chi connectivity index (χ3n) is 3.29. The van der Waals surface area contributed by atoms with Crippen molar-refractivity contribution in [2.75, 3.05) is 5.73 Å². The van der Waals surface area contributed by atoms with E-state index in [1.165, 1.54) is 4.57 Å². The third-order valence-corrected chi connectivity index (χ3v) is 3.29. The van der Waals surface area contributed by atoms with Crippen LogP contribution < -0.4 is 5.73 Å². The van der Waals surface area contributed by atoms with Gasteiger partial charge in [0.05, 0.1) is 5.69 Å². The normalized spacial score (nSPS) is 13.6. The first kappa shape index (κ1) is 10.8. The van der Waals surface area contributed by atoms with Gasteiger partial charge in [0.1, 0.15) is 0 Å². The molecule has 0 spiro atoms. The van der Waals surface area contributed by atoms with Gasteiger partial charge in [0.2, 0.25) is 11.8 Å². The lowest BCUT2D eigenvalue weighted by Crippen LogP contribution is -1.94. The topological polar surface area (TPSA) is 71.4 Å². The summed E-state index contributed by atoms with van der Waals surface area (Å²) >= 11 is 0. The number of aromatic hydroxyl groups is 2. The van der Waals surface area contributed by atoms with E-state index in [0.29, 0.717) is 24.2 Å². The number of rotatable bonds is 1. The van der Waals surface area contributed by atoms with Crippen LogP contribution in [0.2, 0.25) is 0 Å². The first-order valence-electron chi connectivity index (χ1n) is 5.84. The minimum atomic E-state index is 0.108. The zero-order chi connectivity index (χ0) is 12.7. The Morgan fingerprint density at radius 3 is 1.89 bits per heavy atom. The first-order chi connectivity index (χ1) is 8.68. The molecule has 92 valence electrons. The molecule has 3 rings (SSSR count). The molecule has 0 aliphatic heterocycles. The summed E-state index contributed by atoms with van der Waals surface area (Å²) in [7, 11) is 0. The molecule has 0 radical (unpaired) electrons. The van der Waals surface area contributed by atoms with Crippen LogP contribution in [0.4, 0.5) is 5.69 Å². The van der Waals surface area contributed by atoms with Gasteiger partial charge in [0, 0.05) is 16.8 Å². The molecule has 0 amide bonds. The van der Waals surface area contributed by atoms with Gasteiger partial charge in [0.25, 0.3) is 0 Å². The summed E-state index contributed by atoms with van der Waals surface area (Å²) in [6.07, 6.45) is 5.29. The zero-order valence-corrected chi connectivity index (χ0v) is 9.80. The fourth-order valence-electron chi connectivity index (χ4n) is 2.34. The molecule has 1 heterocycles. The van der Waals surface area contributed by atoms with Crippen molar-refractivity contribution in [1.29, 1.82) is 0 Å². The highest BCUT2D eigenvalue weighted by molar-refractivity contribution is 5.56. The van der Waals surface area contributed by atoms with Crippen molar-refractivity contribution in [3.05, 3.63) is 47.5 Å². The number of aromatic nitrogens is 1. The molecule has 1 aromatic heterocycles. The molecule has 0 bridgehead atoms. The largest absolute Gasteiger partial charge is 0.494 e. The Morgan fingerprint density at radius 2 is 1.39 bits per heavy atom. The lowest BCUT2D eigenvalue weighted by Gasteiger charge is -2.07. The van der Waals surface area contributed by atoms with Crippen LogP contribution >= 0.6 is 0 Å². The van der Waals surface area contributed by atoms with E-state index in [-0.39, 0.29) is 11.8 Å². The van der Waals surface area contributed by atoms with E-state index < -0.39 is 0 Å². The van der Waals surface area contributed by atoms with Crippen LogP contribution in [0, 0.1) is 0 Å². The van der Waals surface area contributed by atoms with Crippen molar-refractivity contribution in [3.63, 3.8) is 0 Å². The van der Waals surface area contributed by atoms with Crippen molar-refractivity contribution < 1.29 is 10.2 Å². The van der Waals surface area contributed by atoms with Gasteiger partial charge in [0.15, 0.2) is 0 Å². The Balaban J connectivity index is 2.18. The van der Waals surface area contributed by atoms with Crippen molar-refractivity contribution in [2.24, 2.45) is 0 Å². The Hall–Kier alpha value is -2.36. The molecule has 4 heteroatoms. The Kier molecular flexibility index (Phi) is 2.30. The van der Waals surface area contributed by atoms with Crippen LogP contribution in [-0.2, 0) is 12.8 Å². The van der Waals surface area contributed by atoms with E-state index in [2.05, 4.69) is 0 Å². The van der Waals surface area contributed by atoms with Crippen LogP contribution in [0.5, 0.6) is 11.8 Å². The highest BCUT2D eigenvalue weighted by Crippen LogP contribution is 2.39. The van der Waals surface area contributed by atoms with Crippen LogP contribution in [-0.4, -0.2) is 14.8 Å². The fraction of sp³-hybridized carbons (Fsp3) is 0.143. The van der Waals surface area contributed by atoms with Crippen LogP contribution in [0.25, 0.3) is 5.69 Å². The third kappa shape index (κ3) is 1.46. The van der Waals surface area contributed by atoms with Gasteiger partial charge in [-0.1, -0.05) is 12.2 Å². The van der Waals surface area contributed by atoms with E-state index in [0.717, 1.165) is 11.1 Å². The average molecular weight is 242 g/mol. The molecule has 1 aliphatic carbocycles. The predicted molar refractivity (Wildman–Crippen MR) is 70.1 cm³/mol. The summed E-state index contributed by atoms with van der Waals surface area (Å²) in [6, 6.07) is 7.03. The number of nitrogen functional groups attached to an aromatic ring is 1. The molecule has 18 heavy (non-hydrogen) atoms. The fourth-order valence-corrected chi connectivity index (χ4v) is 2.34. The van der Waals surface area contributed by atoms with Crippen molar-refractivity contribution >= 4 is 5.69 Å². The van der Waals surface area contributed by atoms with Crippen LogP contribution in [0.15, 0.2) is 36.4 Å². The lowest BCUT2D eigenvalue weighted by molar-refractivity contribution is 0.400. The van der Waals surface area contributed by atoms with E-state index in [1.54, 1.807) is 24.3 Å². The van der Waals surface area contributed by atoms with Gasteiger partial charge in [-0.2, -0.15) is 0 Å². The molecule has 0 atom stereocenters. The SMILES string of the molecule is Nc1ccc(-n2c(O)c3c(c2O)CC=CC3)cc1. The first-order valence-corrected chi connectivity index (χ1v) is 5.84. The molecule has 1 aromatic carbocycles. The van der Waals surface area contributed by atoms with Crippen molar-refractivity contribution in [1.82, 2.24) is 4.57 Å². The molecule has 1 aliphatic rings.